The summed E-state index contributed by atoms with van der Waals surface area (Å²) in [4.78, 5) is 0. The summed E-state index contributed by atoms with van der Waals surface area (Å²) in [5, 5.41) is 4.32. The van der Waals surface area contributed by atoms with Crippen LogP contribution in [0.2, 0.25) is 5.02 Å². The summed E-state index contributed by atoms with van der Waals surface area (Å²) in [6, 6.07) is 5.98. The van der Waals surface area contributed by atoms with Gasteiger partial charge in [-0.25, -0.2) is 0 Å². The second kappa shape index (κ2) is 5.26. The van der Waals surface area contributed by atoms with Crippen LogP contribution in [0, 0.1) is 0 Å². The topological polar surface area (TPSA) is 12.0 Å². The molecule has 1 aromatic carbocycles. The Morgan fingerprint density at radius 3 is 2.62 bits per heavy atom. The maximum Gasteiger partial charge on any atom is 0.0462 e. The molecule has 1 aliphatic carbocycles. The van der Waals surface area contributed by atoms with Gasteiger partial charge in [-0.05, 0) is 37.0 Å². The minimum absolute atomic E-state index is 0.151. The number of nitrogens with one attached hydrogen (secondary N) is 1. The van der Waals surface area contributed by atoms with Crippen LogP contribution in [0.3, 0.4) is 0 Å². The number of benzene rings is 1. The highest BCUT2D eigenvalue weighted by atomic mass is 79.9. The summed E-state index contributed by atoms with van der Waals surface area (Å²) >= 11 is 15.5. The van der Waals surface area contributed by atoms with Gasteiger partial charge in [0.25, 0.3) is 0 Å². The molecule has 0 aromatic heterocycles. The molecule has 0 spiro atoms. The first-order valence-corrected chi connectivity index (χ1v) is 7.11. The van der Waals surface area contributed by atoms with Crippen LogP contribution >= 0.6 is 39.1 Å². The molecule has 1 N–H and O–H groups in total. The van der Waals surface area contributed by atoms with Crippen molar-refractivity contribution in [3.8, 4) is 0 Å². The van der Waals surface area contributed by atoms with Gasteiger partial charge in [-0.3, -0.25) is 0 Å². The van der Waals surface area contributed by atoms with Gasteiger partial charge in [0.2, 0.25) is 0 Å². The standard InChI is InChI=1S/C12H14BrCl2N/c13-10-3-2-9(11(15)6-10)7-16-12(8-14)4-1-5-12/h2-3,6,16H,1,4-5,7-8H2. The van der Waals surface area contributed by atoms with E-state index in [4.69, 9.17) is 23.2 Å². The van der Waals surface area contributed by atoms with Crippen molar-refractivity contribution in [1.29, 1.82) is 0 Å². The Kier molecular flexibility index (Phi) is 4.17. The monoisotopic (exact) mass is 321 g/mol. The third-order valence-electron chi connectivity index (χ3n) is 3.24. The highest BCUT2D eigenvalue weighted by Gasteiger charge is 2.35. The van der Waals surface area contributed by atoms with Gasteiger partial charge in [-0.15, -0.1) is 11.6 Å². The van der Waals surface area contributed by atoms with Crippen molar-refractivity contribution in [2.24, 2.45) is 0 Å². The quantitative estimate of drug-likeness (QED) is 0.812. The fraction of sp³-hybridized carbons (Fsp3) is 0.500. The maximum atomic E-state index is 6.16. The zero-order valence-electron chi connectivity index (χ0n) is 8.90. The summed E-state index contributed by atoms with van der Waals surface area (Å²) in [5.74, 6) is 0.682. The molecular formula is C12H14BrCl2N. The number of alkyl halides is 1. The van der Waals surface area contributed by atoms with Crippen molar-refractivity contribution in [2.45, 2.75) is 31.3 Å². The average molecular weight is 323 g/mol. The van der Waals surface area contributed by atoms with E-state index in [1.54, 1.807) is 0 Å². The summed E-state index contributed by atoms with van der Waals surface area (Å²) < 4.78 is 1.01. The van der Waals surface area contributed by atoms with E-state index in [0.717, 1.165) is 21.6 Å². The molecule has 0 heterocycles. The van der Waals surface area contributed by atoms with E-state index in [2.05, 4.69) is 21.2 Å². The molecule has 1 nitrogen and oxygen atoms in total. The lowest BCUT2D eigenvalue weighted by Crippen LogP contribution is -2.52. The van der Waals surface area contributed by atoms with Crippen LogP contribution in [-0.2, 0) is 6.54 Å². The lowest BCUT2D eigenvalue weighted by molar-refractivity contribution is 0.211. The van der Waals surface area contributed by atoms with Crippen molar-refractivity contribution in [2.75, 3.05) is 5.88 Å². The molecule has 0 aliphatic heterocycles. The molecule has 0 bridgehead atoms. The van der Waals surface area contributed by atoms with Crippen molar-refractivity contribution >= 4 is 39.1 Å². The zero-order valence-corrected chi connectivity index (χ0v) is 12.0. The lowest BCUT2D eigenvalue weighted by Gasteiger charge is -2.41. The van der Waals surface area contributed by atoms with E-state index in [0.29, 0.717) is 5.88 Å². The molecule has 1 fully saturated rings. The first-order chi connectivity index (χ1) is 7.65. The molecule has 4 heteroatoms. The molecule has 0 radical (unpaired) electrons. The van der Waals surface area contributed by atoms with Crippen molar-refractivity contribution in [3.05, 3.63) is 33.3 Å². The van der Waals surface area contributed by atoms with Gasteiger partial charge in [0.05, 0.1) is 0 Å². The number of rotatable bonds is 4. The SMILES string of the molecule is ClCC1(NCc2ccc(Br)cc2Cl)CCC1. The maximum absolute atomic E-state index is 6.16. The van der Waals surface area contributed by atoms with E-state index >= 15 is 0 Å². The van der Waals surface area contributed by atoms with E-state index in [1.165, 1.54) is 19.3 Å². The summed E-state index contributed by atoms with van der Waals surface area (Å²) in [6.07, 6.45) is 3.61. The van der Waals surface area contributed by atoms with Gasteiger partial charge in [0, 0.05) is 27.5 Å². The summed E-state index contributed by atoms with van der Waals surface area (Å²) in [7, 11) is 0. The van der Waals surface area contributed by atoms with E-state index in [1.807, 2.05) is 18.2 Å². The Balaban J connectivity index is 1.99. The van der Waals surface area contributed by atoms with Crippen LogP contribution in [0.5, 0.6) is 0 Å². The van der Waals surface area contributed by atoms with Crippen LogP contribution in [0.15, 0.2) is 22.7 Å². The largest absolute Gasteiger partial charge is 0.306 e. The Morgan fingerprint density at radius 2 is 2.12 bits per heavy atom. The lowest BCUT2D eigenvalue weighted by atomic mass is 9.78. The molecule has 1 saturated carbocycles. The fourth-order valence-electron chi connectivity index (χ4n) is 1.91. The minimum Gasteiger partial charge on any atom is -0.306 e. The second-order valence-electron chi connectivity index (χ2n) is 4.36. The molecule has 1 aliphatic rings. The van der Waals surface area contributed by atoms with Crippen LogP contribution < -0.4 is 5.32 Å². The van der Waals surface area contributed by atoms with Gasteiger partial charge in [0.15, 0.2) is 0 Å². The predicted molar refractivity (Wildman–Crippen MR) is 73.3 cm³/mol. The predicted octanol–water partition coefficient (Wildman–Crippen LogP) is 4.35. The summed E-state index contributed by atoms with van der Waals surface area (Å²) in [5.41, 5.74) is 1.28. The molecule has 88 valence electrons. The molecule has 0 unspecified atom stereocenters. The third-order valence-corrected chi connectivity index (χ3v) is 4.59. The van der Waals surface area contributed by atoms with Gasteiger partial charge in [-0.1, -0.05) is 33.6 Å². The van der Waals surface area contributed by atoms with Gasteiger partial charge >= 0.3 is 0 Å². The van der Waals surface area contributed by atoms with Gasteiger partial charge in [0.1, 0.15) is 0 Å². The highest BCUT2D eigenvalue weighted by Crippen LogP contribution is 2.33. The molecule has 0 amide bonds. The fourth-order valence-corrected chi connectivity index (χ4v) is 3.01. The molecular weight excluding hydrogens is 309 g/mol. The Hall–Kier alpha value is 0.240. The average Bonchev–Trinajstić information content (AvgIpc) is 2.19. The molecule has 2 rings (SSSR count). The van der Waals surface area contributed by atoms with Crippen LogP contribution in [-0.4, -0.2) is 11.4 Å². The smallest absolute Gasteiger partial charge is 0.0462 e. The van der Waals surface area contributed by atoms with Crippen LogP contribution in [0.25, 0.3) is 0 Å². The van der Waals surface area contributed by atoms with Crippen molar-refractivity contribution in [3.63, 3.8) is 0 Å². The van der Waals surface area contributed by atoms with E-state index in [-0.39, 0.29) is 5.54 Å². The van der Waals surface area contributed by atoms with Crippen LogP contribution in [0.1, 0.15) is 24.8 Å². The van der Waals surface area contributed by atoms with E-state index < -0.39 is 0 Å². The van der Waals surface area contributed by atoms with Gasteiger partial charge < -0.3 is 5.32 Å². The zero-order chi connectivity index (χ0) is 11.6. The Bertz CT molecular complexity index is 372. The number of hydrogen-bond acceptors (Lipinski definition) is 1. The number of hydrogen-bond donors (Lipinski definition) is 1. The first kappa shape index (κ1) is 12.7. The number of halogens is 3. The summed E-state index contributed by atoms with van der Waals surface area (Å²) in [6.45, 7) is 0.791. The third kappa shape index (κ3) is 2.73. The normalized spacial score (nSPS) is 18.2. The van der Waals surface area contributed by atoms with E-state index in [9.17, 15) is 0 Å². The molecule has 0 saturated heterocycles. The van der Waals surface area contributed by atoms with Gasteiger partial charge in [-0.2, -0.15) is 0 Å². The van der Waals surface area contributed by atoms with Crippen LogP contribution in [0.4, 0.5) is 0 Å². The van der Waals surface area contributed by atoms with Crippen molar-refractivity contribution < 1.29 is 0 Å². The minimum atomic E-state index is 0.151. The Morgan fingerprint density at radius 1 is 1.38 bits per heavy atom. The first-order valence-electron chi connectivity index (χ1n) is 5.40. The second-order valence-corrected chi connectivity index (χ2v) is 5.95. The van der Waals surface area contributed by atoms with Crippen molar-refractivity contribution in [1.82, 2.24) is 5.32 Å². The molecule has 16 heavy (non-hydrogen) atoms. The molecule has 0 atom stereocenters. The molecule has 1 aromatic rings. The Labute approximate surface area is 115 Å². The highest BCUT2D eigenvalue weighted by molar-refractivity contribution is 9.10.